The number of rotatable bonds is 3. The molecule has 0 fully saturated rings. The van der Waals surface area contributed by atoms with Crippen LogP contribution in [-0.2, 0) is 0 Å². The van der Waals surface area contributed by atoms with Crippen LogP contribution in [0, 0.1) is 10.1 Å². The van der Waals surface area contributed by atoms with Gasteiger partial charge in [-0.05, 0) is 17.8 Å². The Labute approximate surface area is 96.4 Å². The molecule has 0 atom stereocenters. The van der Waals surface area contributed by atoms with Gasteiger partial charge in [0.1, 0.15) is 0 Å². The Morgan fingerprint density at radius 1 is 1.50 bits per heavy atom. The summed E-state index contributed by atoms with van der Waals surface area (Å²) in [6.07, 6.45) is 0. The second-order valence-corrected chi connectivity index (χ2v) is 5.04. The predicted molar refractivity (Wildman–Crippen MR) is 58.1 cm³/mol. The van der Waals surface area contributed by atoms with Crippen molar-refractivity contribution in [3.63, 3.8) is 0 Å². The quantitative estimate of drug-likeness (QED) is 0.482. The van der Waals surface area contributed by atoms with E-state index in [-0.39, 0.29) is 10.0 Å². The molecule has 0 aliphatic rings. The van der Waals surface area contributed by atoms with Crippen molar-refractivity contribution in [3.8, 4) is 0 Å². The fraction of sp³-hybridized carbons (Fsp3) is 0.125. The third-order valence-electron chi connectivity index (χ3n) is 1.75. The highest BCUT2D eigenvalue weighted by Gasteiger charge is 2.13. The van der Waals surface area contributed by atoms with Crippen LogP contribution >= 0.6 is 23.1 Å². The van der Waals surface area contributed by atoms with Crippen LogP contribution < -0.4 is 0 Å². The topological polar surface area (TPSA) is 56.0 Å². The van der Waals surface area contributed by atoms with Gasteiger partial charge in [-0.25, -0.2) is 4.98 Å². The lowest BCUT2D eigenvalue weighted by atomic mass is 10.3. The molecule has 0 spiro atoms. The maximum atomic E-state index is 12.1. The second-order valence-electron chi connectivity index (χ2n) is 2.77. The second kappa shape index (κ2) is 4.30. The summed E-state index contributed by atoms with van der Waals surface area (Å²) in [5.41, 5.74) is 0.434. The summed E-state index contributed by atoms with van der Waals surface area (Å²) in [7, 11) is 0. The van der Waals surface area contributed by atoms with Crippen molar-refractivity contribution in [1.29, 1.82) is 0 Å². The molecule has 1 aromatic heterocycles. The number of alkyl halides is 2. The summed E-state index contributed by atoms with van der Waals surface area (Å²) in [6.45, 7) is 0. The summed E-state index contributed by atoms with van der Waals surface area (Å²) in [5.74, 6) is -2.53. The van der Waals surface area contributed by atoms with Crippen molar-refractivity contribution in [1.82, 2.24) is 4.98 Å². The van der Waals surface area contributed by atoms with E-state index in [1.54, 1.807) is 0 Å². The van der Waals surface area contributed by atoms with Crippen LogP contribution in [0.2, 0.25) is 0 Å². The third-order valence-corrected chi connectivity index (χ3v) is 3.58. The molecule has 2 aromatic rings. The van der Waals surface area contributed by atoms with Gasteiger partial charge in [-0.1, -0.05) is 0 Å². The molecular weight excluding hydrogens is 258 g/mol. The van der Waals surface area contributed by atoms with Gasteiger partial charge >= 0.3 is 0 Å². The molecule has 0 N–H and O–H groups in total. The monoisotopic (exact) mass is 262 g/mol. The maximum absolute atomic E-state index is 12.1. The highest BCUT2D eigenvalue weighted by Crippen LogP contribution is 2.34. The number of aromatic nitrogens is 1. The van der Waals surface area contributed by atoms with Gasteiger partial charge in [0.05, 0.1) is 15.1 Å². The maximum Gasteiger partial charge on any atom is 0.291 e. The molecule has 1 aromatic carbocycles. The molecule has 0 saturated heterocycles. The van der Waals surface area contributed by atoms with E-state index in [4.69, 9.17) is 0 Å². The van der Waals surface area contributed by atoms with Crippen LogP contribution in [0.3, 0.4) is 0 Å². The van der Waals surface area contributed by atoms with E-state index >= 15 is 0 Å². The number of nitro benzene ring substituents is 1. The van der Waals surface area contributed by atoms with Crippen molar-refractivity contribution in [2.75, 3.05) is 0 Å². The summed E-state index contributed by atoms with van der Waals surface area (Å²) in [5, 5.41) is 10.5. The predicted octanol–water partition coefficient (Wildman–Crippen LogP) is 3.52. The number of halogens is 2. The van der Waals surface area contributed by atoms with E-state index in [1.807, 2.05) is 0 Å². The average Bonchev–Trinajstić information content (AvgIpc) is 2.56. The standard InChI is InChI=1S/C8H4F2N2O2S2/c9-7(10)16-8-11-5-2-1-4(12(13)14)3-6(5)15-8/h1-3,7H. The van der Waals surface area contributed by atoms with Gasteiger partial charge in [0.25, 0.3) is 11.4 Å². The van der Waals surface area contributed by atoms with E-state index in [2.05, 4.69) is 4.98 Å². The van der Waals surface area contributed by atoms with E-state index in [0.29, 0.717) is 22.0 Å². The molecule has 0 radical (unpaired) electrons. The number of thioether (sulfide) groups is 1. The Morgan fingerprint density at radius 2 is 2.25 bits per heavy atom. The lowest BCUT2D eigenvalue weighted by molar-refractivity contribution is -0.384. The molecule has 4 nitrogen and oxygen atoms in total. The Kier molecular flexibility index (Phi) is 3.01. The molecular formula is C8H4F2N2O2S2. The minimum Gasteiger partial charge on any atom is -0.258 e. The Hall–Kier alpha value is -1.28. The number of fused-ring (bicyclic) bond motifs is 1. The first-order valence-electron chi connectivity index (χ1n) is 4.06. The summed E-state index contributed by atoms with van der Waals surface area (Å²) in [4.78, 5) is 13.9. The number of benzene rings is 1. The smallest absolute Gasteiger partial charge is 0.258 e. The number of hydrogen-bond acceptors (Lipinski definition) is 5. The fourth-order valence-corrected chi connectivity index (χ4v) is 2.85. The van der Waals surface area contributed by atoms with Crippen molar-refractivity contribution < 1.29 is 13.7 Å². The first kappa shape index (κ1) is 11.2. The van der Waals surface area contributed by atoms with Gasteiger partial charge in [-0.15, -0.1) is 11.3 Å². The molecule has 0 amide bonds. The van der Waals surface area contributed by atoms with Crippen LogP contribution in [0.4, 0.5) is 14.5 Å². The van der Waals surface area contributed by atoms with Crippen molar-refractivity contribution in [2.45, 2.75) is 10.1 Å². The van der Waals surface area contributed by atoms with E-state index in [0.717, 1.165) is 11.3 Å². The Morgan fingerprint density at radius 3 is 2.88 bits per heavy atom. The van der Waals surface area contributed by atoms with Crippen LogP contribution in [0.15, 0.2) is 22.5 Å². The molecule has 16 heavy (non-hydrogen) atoms. The Balaban J connectivity index is 2.42. The van der Waals surface area contributed by atoms with E-state index < -0.39 is 10.7 Å². The zero-order valence-electron chi connectivity index (χ0n) is 7.59. The number of nitro groups is 1. The van der Waals surface area contributed by atoms with Gasteiger partial charge in [-0.3, -0.25) is 10.1 Å². The molecule has 0 unspecified atom stereocenters. The van der Waals surface area contributed by atoms with Crippen molar-refractivity contribution >= 4 is 39.0 Å². The zero-order valence-corrected chi connectivity index (χ0v) is 9.23. The van der Waals surface area contributed by atoms with Gasteiger partial charge in [0.2, 0.25) is 0 Å². The average molecular weight is 262 g/mol. The van der Waals surface area contributed by atoms with E-state index in [1.165, 1.54) is 18.2 Å². The van der Waals surface area contributed by atoms with Gasteiger partial charge < -0.3 is 0 Å². The number of non-ortho nitro benzene ring substituents is 1. The molecule has 0 aliphatic carbocycles. The zero-order chi connectivity index (χ0) is 11.7. The van der Waals surface area contributed by atoms with Crippen LogP contribution in [0.25, 0.3) is 10.2 Å². The van der Waals surface area contributed by atoms with Crippen molar-refractivity contribution in [2.24, 2.45) is 0 Å². The minimum atomic E-state index is -2.53. The third kappa shape index (κ3) is 2.27. The lowest BCUT2D eigenvalue weighted by Crippen LogP contribution is -1.85. The SMILES string of the molecule is O=[N+]([O-])c1ccc2nc(SC(F)F)sc2c1. The highest BCUT2D eigenvalue weighted by atomic mass is 32.2. The minimum absolute atomic E-state index is 0.0650. The summed E-state index contributed by atoms with van der Waals surface area (Å²) >= 11 is 1.37. The Bertz CT molecular complexity index is 544. The molecule has 8 heteroatoms. The number of hydrogen-bond donors (Lipinski definition) is 0. The van der Waals surface area contributed by atoms with Crippen molar-refractivity contribution in [3.05, 3.63) is 28.3 Å². The molecule has 2 rings (SSSR count). The van der Waals surface area contributed by atoms with Crippen LogP contribution in [0.5, 0.6) is 0 Å². The van der Waals surface area contributed by atoms with Gasteiger partial charge in [0.15, 0.2) is 4.34 Å². The first-order chi connectivity index (χ1) is 7.56. The highest BCUT2D eigenvalue weighted by molar-refractivity contribution is 8.01. The molecule has 1 heterocycles. The normalized spacial score (nSPS) is 11.2. The molecule has 0 bridgehead atoms. The summed E-state index contributed by atoms with van der Waals surface area (Å²) in [6, 6.07) is 4.10. The molecule has 0 aliphatic heterocycles. The number of nitrogens with zero attached hydrogens (tertiary/aromatic N) is 2. The van der Waals surface area contributed by atoms with E-state index in [9.17, 15) is 18.9 Å². The fourth-order valence-electron chi connectivity index (χ4n) is 1.13. The largest absolute Gasteiger partial charge is 0.291 e. The van der Waals surface area contributed by atoms with Gasteiger partial charge in [0, 0.05) is 12.1 Å². The molecule has 84 valence electrons. The number of thiazole rings is 1. The molecule has 0 saturated carbocycles. The van der Waals surface area contributed by atoms with Gasteiger partial charge in [-0.2, -0.15) is 8.78 Å². The van der Waals surface area contributed by atoms with Crippen LogP contribution in [0.1, 0.15) is 0 Å². The first-order valence-corrected chi connectivity index (χ1v) is 5.75. The lowest BCUT2D eigenvalue weighted by Gasteiger charge is -1.90. The summed E-state index contributed by atoms with van der Waals surface area (Å²) < 4.78 is 24.9. The van der Waals surface area contributed by atoms with Crippen LogP contribution in [-0.4, -0.2) is 15.7 Å².